The fraction of sp³-hybridized carbons (Fsp3) is 0.769. The predicted molar refractivity (Wildman–Crippen MR) is 71.2 cm³/mol. The van der Waals surface area contributed by atoms with Crippen LogP contribution >= 0.6 is 11.3 Å². The highest BCUT2D eigenvalue weighted by Crippen LogP contribution is 2.26. The molecule has 0 aliphatic heterocycles. The first-order valence-corrected chi connectivity index (χ1v) is 7.37. The molecule has 1 N–H and O–H groups in total. The zero-order valence-corrected chi connectivity index (χ0v) is 11.5. The number of rotatable bonds is 5. The Kier molecular flexibility index (Phi) is 4.54. The first-order valence-electron chi connectivity index (χ1n) is 6.49. The summed E-state index contributed by atoms with van der Waals surface area (Å²) in [5.74, 6) is 0.462. The Hall–Kier alpha value is -0.450. The van der Waals surface area contributed by atoms with Crippen molar-refractivity contribution in [2.24, 2.45) is 5.92 Å². The molecule has 1 heterocycles. The molecule has 2 atom stereocenters. The molecule has 17 heavy (non-hydrogen) atoms. The van der Waals surface area contributed by atoms with E-state index in [-0.39, 0.29) is 6.10 Å². The summed E-state index contributed by atoms with van der Waals surface area (Å²) < 4.78 is 0. The van der Waals surface area contributed by atoms with Crippen LogP contribution in [0, 0.1) is 5.92 Å². The van der Waals surface area contributed by atoms with E-state index in [4.69, 9.17) is 0 Å². The normalized spacial score (nSPS) is 24.7. The van der Waals surface area contributed by atoms with Crippen molar-refractivity contribution in [3.63, 3.8) is 0 Å². The Bertz CT molecular complexity index is 353. The lowest BCUT2D eigenvalue weighted by Gasteiger charge is -2.22. The molecule has 0 spiro atoms. The van der Waals surface area contributed by atoms with Gasteiger partial charge in [0.1, 0.15) is 0 Å². The lowest BCUT2D eigenvalue weighted by molar-refractivity contribution is 0.107. The Morgan fingerprint density at radius 2 is 2.35 bits per heavy atom. The lowest BCUT2D eigenvalue weighted by atomic mass is 10.1. The number of aryl methyl sites for hydroxylation is 1. The van der Waals surface area contributed by atoms with Crippen molar-refractivity contribution in [3.05, 3.63) is 16.1 Å². The monoisotopic (exact) mass is 254 g/mol. The van der Waals surface area contributed by atoms with Crippen LogP contribution in [0.5, 0.6) is 0 Å². The third kappa shape index (κ3) is 3.50. The molecule has 1 aliphatic carbocycles. The highest BCUT2D eigenvalue weighted by molar-refractivity contribution is 7.09. The Labute approximate surface area is 107 Å². The molecule has 0 amide bonds. The highest BCUT2D eigenvalue weighted by Gasteiger charge is 2.26. The molecular weight excluding hydrogens is 232 g/mol. The smallest absolute Gasteiger partial charge is 0.0926 e. The van der Waals surface area contributed by atoms with E-state index in [1.807, 2.05) is 0 Å². The zero-order chi connectivity index (χ0) is 12.3. The van der Waals surface area contributed by atoms with Gasteiger partial charge in [0.05, 0.1) is 16.8 Å². The maximum atomic E-state index is 9.81. The third-order valence-electron chi connectivity index (χ3n) is 3.50. The summed E-state index contributed by atoms with van der Waals surface area (Å²) in [6, 6.07) is 0. The van der Waals surface area contributed by atoms with Gasteiger partial charge in [0.25, 0.3) is 0 Å². The van der Waals surface area contributed by atoms with E-state index in [9.17, 15) is 5.11 Å². The second kappa shape index (κ2) is 5.94. The van der Waals surface area contributed by atoms with Crippen LogP contribution in [-0.2, 0) is 13.0 Å². The minimum Gasteiger partial charge on any atom is -0.393 e. The molecule has 96 valence electrons. The summed E-state index contributed by atoms with van der Waals surface area (Å²) in [5, 5.41) is 13.2. The van der Waals surface area contributed by atoms with Crippen molar-refractivity contribution in [3.8, 4) is 0 Å². The van der Waals surface area contributed by atoms with Gasteiger partial charge in [0.2, 0.25) is 0 Å². The van der Waals surface area contributed by atoms with Crippen molar-refractivity contribution in [2.75, 3.05) is 13.6 Å². The molecule has 0 aromatic carbocycles. The van der Waals surface area contributed by atoms with E-state index >= 15 is 0 Å². The summed E-state index contributed by atoms with van der Waals surface area (Å²) in [5.41, 5.74) is 1.17. The van der Waals surface area contributed by atoms with Crippen molar-refractivity contribution in [2.45, 2.75) is 45.3 Å². The molecule has 0 radical (unpaired) electrons. The van der Waals surface area contributed by atoms with Crippen molar-refractivity contribution >= 4 is 11.3 Å². The molecule has 1 aromatic rings. The zero-order valence-electron chi connectivity index (χ0n) is 10.7. The topological polar surface area (TPSA) is 36.4 Å². The van der Waals surface area contributed by atoms with Gasteiger partial charge in [-0.2, -0.15) is 0 Å². The molecule has 1 saturated carbocycles. The van der Waals surface area contributed by atoms with E-state index in [1.54, 1.807) is 11.3 Å². The molecule has 0 saturated heterocycles. The van der Waals surface area contributed by atoms with Crippen molar-refractivity contribution in [1.29, 1.82) is 0 Å². The maximum absolute atomic E-state index is 9.81. The van der Waals surface area contributed by atoms with Gasteiger partial charge in [-0.05, 0) is 32.2 Å². The molecule has 1 fully saturated rings. The second-order valence-electron chi connectivity index (χ2n) is 5.04. The quantitative estimate of drug-likeness (QED) is 0.876. The van der Waals surface area contributed by atoms with Gasteiger partial charge < -0.3 is 10.0 Å². The Balaban J connectivity index is 1.82. The Morgan fingerprint density at radius 3 is 2.94 bits per heavy atom. The van der Waals surface area contributed by atoms with Gasteiger partial charge in [-0.25, -0.2) is 4.98 Å². The van der Waals surface area contributed by atoms with Gasteiger partial charge in [-0.15, -0.1) is 11.3 Å². The minimum absolute atomic E-state index is 0.0842. The van der Waals surface area contributed by atoms with Crippen molar-refractivity contribution in [1.82, 2.24) is 9.88 Å². The lowest BCUT2D eigenvalue weighted by Crippen LogP contribution is -2.29. The predicted octanol–water partition coefficient (Wildman–Crippen LogP) is 2.30. The van der Waals surface area contributed by atoms with Crippen LogP contribution in [0.1, 0.15) is 36.9 Å². The number of aliphatic hydroxyl groups is 1. The number of hydrogen-bond donors (Lipinski definition) is 1. The van der Waals surface area contributed by atoms with Crippen LogP contribution < -0.4 is 0 Å². The molecular formula is C13H22N2OS. The van der Waals surface area contributed by atoms with Gasteiger partial charge in [0, 0.05) is 18.5 Å². The summed E-state index contributed by atoms with van der Waals surface area (Å²) in [6.07, 6.45) is 4.27. The van der Waals surface area contributed by atoms with Crippen LogP contribution in [0.25, 0.3) is 0 Å². The van der Waals surface area contributed by atoms with Crippen LogP contribution in [0.15, 0.2) is 5.38 Å². The summed E-state index contributed by atoms with van der Waals surface area (Å²) in [4.78, 5) is 6.86. The first-order chi connectivity index (χ1) is 8.19. The number of nitrogens with zero attached hydrogens (tertiary/aromatic N) is 2. The first kappa shape index (κ1) is 13.0. The van der Waals surface area contributed by atoms with Gasteiger partial charge in [0.15, 0.2) is 0 Å². The van der Waals surface area contributed by atoms with E-state index in [0.717, 1.165) is 25.9 Å². The molecule has 1 aromatic heterocycles. The number of thiazole rings is 1. The van der Waals surface area contributed by atoms with E-state index < -0.39 is 0 Å². The Morgan fingerprint density at radius 1 is 1.53 bits per heavy atom. The molecule has 2 unspecified atom stereocenters. The van der Waals surface area contributed by atoms with E-state index in [2.05, 4.69) is 29.2 Å². The number of hydrogen-bond acceptors (Lipinski definition) is 4. The molecule has 4 heteroatoms. The molecule has 0 bridgehead atoms. The van der Waals surface area contributed by atoms with E-state index in [1.165, 1.54) is 23.5 Å². The largest absolute Gasteiger partial charge is 0.393 e. The summed E-state index contributed by atoms with van der Waals surface area (Å²) in [7, 11) is 2.12. The van der Waals surface area contributed by atoms with Crippen LogP contribution in [0.4, 0.5) is 0 Å². The summed E-state index contributed by atoms with van der Waals surface area (Å²) in [6.45, 7) is 4.03. The average Bonchev–Trinajstić information content (AvgIpc) is 2.89. The third-order valence-corrected chi connectivity index (χ3v) is 4.54. The van der Waals surface area contributed by atoms with Crippen LogP contribution in [-0.4, -0.2) is 34.7 Å². The summed E-state index contributed by atoms with van der Waals surface area (Å²) >= 11 is 1.75. The fourth-order valence-corrected chi connectivity index (χ4v) is 3.29. The highest BCUT2D eigenvalue weighted by atomic mass is 32.1. The molecule has 1 aliphatic rings. The minimum atomic E-state index is -0.0842. The standard InChI is InChI=1S/C13H22N2OS/c1-3-13-14-11(9-17-13)8-15(2)7-10-5-4-6-12(10)16/h9-10,12,16H,3-8H2,1-2H3. The van der Waals surface area contributed by atoms with Crippen LogP contribution in [0.2, 0.25) is 0 Å². The van der Waals surface area contributed by atoms with E-state index in [0.29, 0.717) is 5.92 Å². The number of aromatic nitrogens is 1. The van der Waals surface area contributed by atoms with Gasteiger partial charge >= 0.3 is 0 Å². The van der Waals surface area contributed by atoms with Gasteiger partial charge in [-0.3, -0.25) is 0 Å². The van der Waals surface area contributed by atoms with Gasteiger partial charge in [-0.1, -0.05) is 13.3 Å². The number of aliphatic hydroxyl groups excluding tert-OH is 1. The van der Waals surface area contributed by atoms with Crippen LogP contribution in [0.3, 0.4) is 0 Å². The molecule has 3 nitrogen and oxygen atoms in total. The van der Waals surface area contributed by atoms with Crippen molar-refractivity contribution < 1.29 is 5.11 Å². The second-order valence-corrected chi connectivity index (χ2v) is 5.98. The fourth-order valence-electron chi connectivity index (χ4n) is 2.56. The maximum Gasteiger partial charge on any atom is 0.0926 e. The SMILES string of the molecule is CCc1nc(CN(C)CC2CCCC2O)cs1. The average molecular weight is 254 g/mol. The molecule has 2 rings (SSSR count).